The second kappa shape index (κ2) is 6.69. The first-order valence-corrected chi connectivity index (χ1v) is 8.43. The molecule has 128 valence electrons. The van der Waals surface area contributed by atoms with Gasteiger partial charge in [0.1, 0.15) is 11.6 Å². The van der Waals surface area contributed by atoms with E-state index in [-0.39, 0.29) is 5.82 Å². The molecule has 0 atom stereocenters. The predicted molar refractivity (Wildman–Crippen MR) is 95.1 cm³/mol. The van der Waals surface area contributed by atoms with Crippen molar-refractivity contribution in [3.8, 4) is 17.0 Å². The third-order valence-corrected chi connectivity index (χ3v) is 4.62. The molecule has 4 nitrogen and oxygen atoms in total. The number of aromatic nitrogens is 2. The van der Waals surface area contributed by atoms with Crippen molar-refractivity contribution in [2.24, 2.45) is 0 Å². The molecule has 3 aromatic rings. The Morgan fingerprint density at radius 2 is 1.88 bits per heavy atom. The molecule has 0 spiro atoms. The third kappa shape index (κ3) is 3.15. The van der Waals surface area contributed by atoms with E-state index in [0.29, 0.717) is 6.54 Å². The van der Waals surface area contributed by atoms with Crippen LogP contribution in [0.1, 0.15) is 16.8 Å². The van der Waals surface area contributed by atoms with Crippen molar-refractivity contribution in [3.63, 3.8) is 0 Å². The van der Waals surface area contributed by atoms with Crippen LogP contribution in [0.5, 0.6) is 5.75 Å². The zero-order chi connectivity index (χ0) is 17.2. The summed E-state index contributed by atoms with van der Waals surface area (Å²) in [7, 11) is 1.67. The van der Waals surface area contributed by atoms with Gasteiger partial charge in [0.2, 0.25) is 0 Å². The molecule has 0 saturated carbocycles. The number of nitrogens with one attached hydrogen (secondary N) is 1. The molecule has 25 heavy (non-hydrogen) atoms. The maximum absolute atomic E-state index is 13.2. The molecule has 4 rings (SSSR count). The standard InChI is InChI=1S/C20H20FN3O/c1-25-17-8-2-14(3-9-17)13-24-19-10-11-22-12-18(19)20(23-24)15-4-6-16(21)7-5-15/h2-9,22H,10-13H2,1H3. The van der Waals surface area contributed by atoms with Gasteiger partial charge in [0.25, 0.3) is 0 Å². The first-order chi connectivity index (χ1) is 12.2. The number of rotatable bonds is 4. The highest BCUT2D eigenvalue weighted by molar-refractivity contribution is 5.64. The van der Waals surface area contributed by atoms with Gasteiger partial charge in [-0.05, 0) is 42.0 Å². The van der Waals surface area contributed by atoms with Crippen molar-refractivity contribution in [3.05, 3.63) is 71.2 Å². The summed E-state index contributed by atoms with van der Waals surface area (Å²) in [6.07, 6.45) is 0.944. The van der Waals surface area contributed by atoms with E-state index in [1.807, 2.05) is 12.1 Å². The Balaban J connectivity index is 1.71. The van der Waals surface area contributed by atoms with E-state index < -0.39 is 0 Å². The Labute approximate surface area is 146 Å². The van der Waals surface area contributed by atoms with Gasteiger partial charge in [-0.1, -0.05) is 12.1 Å². The van der Waals surface area contributed by atoms with Gasteiger partial charge in [-0.15, -0.1) is 0 Å². The average molecular weight is 337 g/mol. The summed E-state index contributed by atoms with van der Waals surface area (Å²) in [6.45, 7) is 2.46. The van der Waals surface area contributed by atoms with Crippen LogP contribution in [-0.2, 0) is 19.5 Å². The number of hydrogen-bond acceptors (Lipinski definition) is 3. The van der Waals surface area contributed by atoms with Gasteiger partial charge in [-0.25, -0.2) is 4.39 Å². The highest BCUT2D eigenvalue weighted by Gasteiger charge is 2.21. The Hall–Kier alpha value is -2.66. The van der Waals surface area contributed by atoms with Gasteiger partial charge >= 0.3 is 0 Å². The summed E-state index contributed by atoms with van der Waals surface area (Å²) in [4.78, 5) is 0. The lowest BCUT2D eigenvalue weighted by molar-refractivity contribution is 0.414. The van der Waals surface area contributed by atoms with Crippen LogP contribution in [0.4, 0.5) is 4.39 Å². The monoisotopic (exact) mass is 337 g/mol. The van der Waals surface area contributed by atoms with Crippen LogP contribution in [0.3, 0.4) is 0 Å². The molecule has 1 aliphatic heterocycles. The summed E-state index contributed by atoms with van der Waals surface area (Å²) in [5.41, 5.74) is 5.54. The molecule has 1 N–H and O–H groups in total. The molecule has 0 unspecified atom stereocenters. The Morgan fingerprint density at radius 1 is 1.12 bits per heavy atom. The lowest BCUT2D eigenvalue weighted by Crippen LogP contribution is -2.25. The quantitative estimate of drug-likeness (QED) is 0.793. The van der Waals surface area contributed by atoms with Gasteiger partial charge in [0.05, 0.1) is 19.3 Å². The summed E-state index contributed by atoms with van der Waals surface area (Å²) < 4.78 is 20.5. The Morgan fingerprint density at radius 3 is 2.60 bits per heavy atom. The maximum atomic E-state index is 13.2. The molecular formula is C20H20FN3O. The highest BCUT2D eigenvalue weighted by Crippen LogP contribution is 2.28. The first-order valence-electron chi connectivity index (χ1n) is 8.43. The van der Waals surface area contributed by atoms with Crippen LogP contribution < -0.4 is 10.1 Å². The van der Waals surface area contributed by atoms with Crippen LogP contribution in [0.2, 0.25) is 0 Å². The van der Waals surface area contributed by atoms with Gasteiger partial charge in [0, 0.05) is 36.3 Å². The fourth-order valence-corrected chi connectivity index (χ4v) is 3.29. The van der Waals surface area contributed by atoms with E-state index in [9.17, 15) is 4.39 Å². The summed E-state index contributed by atoms with van der Waals surface area (Å²) in [5, 5.41) is 8.26. The fourth-order valence-electron chi connectivity index (χ4n) is 3.29. The van der Waals surface area contributed by atoms with Crippen LogP contribution >= 0.6 is 0 Å². The van der Waals surface area contributed by atoms with Gasteiger partial charge in [-0.3, -0.25) is 4.68 Å². The summed E-state index contributed by atoms with van der Waals surface area (Å²) in [5.74, 6) is 0.621. The smallest absolute Gasteiger partial charge is 0.123 e. The molecular weight excluding hydrogens is 317 g/mol. The molecule has 0 fully saturated rings. The Kier molecular flexibility index (Phi) is 4.24. The zero-order valence-electron chi connectivity index (χ0n) is 14.1. The van der Waals surface area contributed by atoms with Crippen molar-refractivity contribution in [2.45, 2.75) is 19.5 Å². The molecule has 0 aliphatic carbocycles. The van der Waals surface area contributed by atoms with Crippen LogP contribution in [0.25, 0.3) is 11.3 Å². The molecule has 2 heterocycles. The topological polar surface area (TPSA) is 39.1 Å². The van der Waals surface area contributed by atoms with Crippen molar-refractivity contribution >= 4 is 0 Å². The van der Waals surface area contributed by atoms with Crippen molar-refractivity contribution in [1.82, 2.24) is 15.1 Å². The molecule has 1 aromatic heterocycles. The normalized spacial score (nSPS) is 13.5. The van der Waals surface area contributed by atoms with Crippen molar-refractivity contribution in [2.75, 3.05) is 13.7 Å². The van der Waals surface area contributed by atoms with Crippen LogP contribution in [0.15, 0.2) is 48.5 Å². The summed E-state index contributed by atoms with van der Waals surface area (Å²) in [6, 6.07) is 14.6. The second-order valence-corrected chi connectivity index (χ2v) is 6.21. The SMILES string of the molecule is COc1ccc(Cn2nc(-c3ccc(F)cc3)c3c2CCNC3)cc1. The minimum atomic E-state index is -0.228. The van der Waals surface area contributed by atoms with Crippen molar-refractivity contribution < 1.29 is 9.13 Å². The van der Waals surface area contributed by atoms with Crippen molar-refractivity contribution in [1.29, 1.82) is 0 Å². The fraction of sp³-hybridized carbons (Fsp3) is 0.250. The molecule has 0 radical (unpaired) electrons. The predicted octanol–water partition coefficient (Wildman–Crippen LogP) is 3.39. The Bertz CT molecular complexity index is 869. The number of methoxy groups -OCH3 is 1. The van der Waals surface area contributed by atoms with E-state index in [1.165, 1.54) is 29.0 Å². The molecule has 5 heteroatoms. The molecule has 2 aromatic carbocycles. The van der Waals surface area contributed by atoms with Gasteiger partial charge < -0.3 is 10.1 Å². The number of hydrogen-bond donors (Lipinski definition) is 1. The number of benzene rings is 2. The molecule has 0 amide bonds. The zero-order valence-corrected chi connectivity index (χ0v) is 14.1. The minimum absolute atomic E-state index is 0.228. The average Bonchev–Trinajstić information content (AvgIpc) is 3.02. The largest absolute Gasteiger partial charge is 0.497 e. The maximum Gasteiger partial charge on any atom is 0.123 e. The van der Waals surface area contributed by atoms with Crippen LogP contribution in [-0.4, -0.2) is 23.4 Å². The van der Waals surface area contributed by atoms with E-state index in [1.54, 1.807) is 19.2 Å². The second-order valence-electron chi connectivity index (χ2n) is 6.21. The molecule has 0 saturated heterocycles. The molecule has 1 aliphatic rings. The number of nitrogens with zero attached hydrogens (tertiary/aromatic N) is 2. The van der Waals surface area contributed by atoms with E-state index in [0.717, 1.165) is 36.5 Å². The third-order valence-electron chi connectivity index (χ3n) is 4.62. The van der Waals surface area contributed by atoms with Gasteiger partial charge in [0.15, 0.2) is 0 Å². The number of halogens is 1. The number of ether oxygens (including phenoxy) is 1. The van der Waals surface area contributed by atoms with Gasteiger partial charge in [-0.2, -0.15) is 5.10 Å². The van der Waals surface area contributed by atoms with E-state index in [4.69, 9.17) is 9.84 Å². The lowest BCUT2D eigenvalue weighted by Gasteiger charge is -2.16. The summed E-state index contributed by atoms with van der Waals surface area (Å²) >= 11 is 0. The van der Waals surface area contributed by atoms with E-state index in [2.05, 4.69) is 22.1 Å². The highest BCUT2D eigenvalue weighted by atomic mass is 19.1. The molecule has 0 bridgehead atoms. The minimum Gasteiger partial charge on any atom is -0.497 e. The van der Waals surface area contributed by atoms with Crippen LogP contribution in [0, 0.1) is 5.82 Å². The van der Waals surface area contributed by atoms with E-state index >= 15 is 0 Å². The number of fused-ring (bicyclic) bond motifs is 1. The first kappa shape index (κ1) is 15.8. The lowest BCUT2D eigenvalue weighted by atomic mass is 10.0.